The van der Waals surface area contributed by atoms with E-state index in [-0.39, 0.29) is 24.0 Å². The average molecular weight is 475 g/mol. The summed E-state index contributed by atoms with van der Waals surface area (Å²) in [5.41, 5.74) is 2.27. The maximum absolute atomic E-state index is 4.75. The smallest absolute Gasteiger partial charge is 0.191 e. The van der Waals surface area contributed by atoms with Gasteiger partial charge in [-0.2, -0.15) is 5.10 Å². The summed E-state index contributed by atoms with van der Waals surface area (Å²) >= 11 is 1.75. The molecular formula is C16H26IN7S. The summed E-state index contributed by atoms with van der Waals surface area (Å²) in [6, 6.07) is 2.00. The Bertz CT molecular complexity index is 676. The van der Waals surface area contributed by atoms with Crippen molar-refractivity contribution in [3.05, 3.63) is 29.0 Å². The fraction of sp³-hybridized carbons (Fsp3) is 0.562. The molecule has 0 atom stereocenters. The van der Waals surface area contributed by atoms with E-state index in [0.29, 0.717) is 6.54 Å². The number of thiazole rings is 1. The maximum atomic E-state index is 4.75. The molecule has 7 nitrogen and oxygen atoms in total. The number of rotatable bonds is 6. The molecule has 2 aromatic heterocycles. The summed E-state index contributed by atoms with van der Waals surface area (Å²) in [5.74, 6) is 0.797. The number of nitrogens with zero attached hydrogens (tertiary/aromatic N) is 5. The fourth-order valence-corrected chi connectivity index (χ4v) is 3.66. The van der Waals surface area contributed by atoms with Crippen molar-refractivity contribution in [1.29, 1.82) is 0 Å². The highest BCUT2D eigenvalue weighted by atomic mass is 127. The molecule has 0 aliphatic carbocycles. The molecule has 1 aliphatic heterocycles. The van der Waals surface area contributed by atoms with Crippen LogP contribution in [0, 0.1) is 0 Å². The standard InChI is InChI=1S/C16H25N7S.HI/c1-17-15(19-11-14-6-8-20-22(14)2)18-7-5-13-12-24-16(21-13)23-9-3-4-10-23;/h6,8,12H,3-5,7,9-11H2,1-2H3,(H2,17,18,19);1H. The van der Waals surface area contributed by atoms with Gasteiger partial charge in [-0.3, -0.25) is 9.67 Å². The van der Waals surface area contributed by atoms with Gasteiger partial charge in [0.2, 0.25) is 0 Å². The van der Waals surface area contributed by atoms with Crippen LogP contribution < -0.4 is 15.5 Å². The number of aryl methyl sites for hydroxylation is 1. The lowest BCUT2D eigenvalue weighted by Gasteiger charge is -2.12. The molecule has 0 saturated carbocycles. The molecule has 138 valence electrons. The third-order valence-electron chi connectivity index (χ3n) is 4.17. The van der Waals surface area contributed by atoms with Gasteiger partial charge in [0, 0.05) is 51.7 Å². The maximum Gasteiger partial charge on any atom is 0.191 e. The first kappa shape index (κ1) is 20.0. The molecule has 2 aromatic rings. The first-order valence-electron chi connectivity index (χ1n) is 8.37. The first-order valence-corrected chi connectivity index (χ1v) is 9.25. The number of nitrogens with one attached hydrogen (secondary N) is 2. The van der Waals surface area contributed by atoms with E-state index in [1.807, 2.05) is 17.8 Å². The quantitative estimate of drug-likeness (QED) is 0.380. The molecule has 9 heteroatoms. The van der Waals surface area contributed by atoms with Crippen LogP contribution in [0.4, 0.5) is 5.13 Å². The Morgan fingerprint density at radius 3 is 2.80 bits per heavy atom. The van der Waals surface area contributed by atoms with Crippen molar-refractivity contribution in [3.63, 3.8) is 0 Å². The van der Waals surface area contributed by atoms with Crippen molar-refractivity contribution in [3.8, 4) is 0 Å². The first-order chi connectivity index (χ1) is 11.8. The Hall–Kier alpha value is -1.36. The average Bonchev–Trinajstić information content (AvgIpc) is 3.32. The van der Waals surface area contributed by atoms with E-state index < -0.39 is 0 Å². The fourth-order valence-electron chi connectivity index (χ4n) is 2.74. The summed E-state index contributed by atoms with van der Waals surface area (Å²) in [6.45, 7) is 3.81. The third kappa shape index (κ3) is 5.56. The van der Waals surface area contributed by atoms with E-state index in [4.69, 9.17) is 4.98 Å². The zero-order valence-corrected chi connectivity index (χ0v) is 17.9. The van der Waals surface area contributed by atoms with Crippen molar-refractivity contribution in [2.24, 2.45) is 12.0 Å². The van der Waals surface area contributed by atoms with Crippen LogP contribution in [-0.2, 0) is 20.0 Å². The number of halogens is 1. The van der Waals surface area contributed by atoms with Gasteiger partial charge in [-0.05, 0) is 18.9 Å². The zero-order valence-electron chi connectivity index (χ0n) is 14.7. The van der Waals surface area contributed by atoms with Gasteiger partial charge in [0.25, 0.3) is 0 Å². The Kier molecular flexibility index (Phi) is 7.94. The monoisotopic (exact) mass is 475 g/mol. The van der Waals surface area contributed by atoms with E-state index in [9.17, 15) is 0 Å². The molecule has 3 heterocycles. The molecule has 25 heavy (non-hydrogen) atoms. The highest BCUT2D eigenvalue weighted by molar-refractivity contribution is 14.0. The van der Waals surface area contributed by atoms with Gasteiger partial charge >= 0.3 is 0 Å². The van der Waals surface area contributed by atoms with Crippen molar-refractivity contribution in [1.82, 2.24) is 25.4 Å². The molecule has 0 amide bonds. The molecule has 0 bridgehead atoms. The van der Waals surface area contributed by atoms with Crippen molar-refractivity contribution in [2.75, 3.05) is 31.6 Å². The zero-order chi connectivity index (χ0) is 16.8. The van der Waals surface area contributed by atoms with Crippen LogP contribution in [0.15, 0.2) is 22.6 Å². The van der Waals surface area contributed by atoms with Gasteiger partial charge in [-0.1, -0.05) is 0 Å². The SMILES string of the molecule is CN=C(NCCc1csc(N2CCCC2)n1)NCc1ccnn1C.I. The van der Waals surface area contributed by atoms with E-state index in [0.717, 1.165) is 43.4 Å². The van der Waals surface area contributed by atoms with Crippen LogP contribution in [0.5, 0.6) is 0 Å². The van der Waals surface area contributed by atoms with Gasteiger partial charge in [0.1, 0.15) is 0 Å². The molecule has 0 unspecified atom stereocenters. The number of aromatic nitrogens is 3. The molecule has 1 fully saturated rings. The second-order valence-corrected chi connectivity index (χ2v) is 6.70. The Morgan fingerprint density at radius 1 is 1.32 bits per heavy atom. The molecular weight excluding hydrogens is 449 g/mol. The number of hydrogen-bond acceptors (Lipinski definition) is 5. The highest BCUT2D eigenvalue weighted by Gasteiger charge is 2.15. The molecule has 0 spiro atoms. The Labute approximate surface area is 169 Å². The number of hydrogen-bond donors (Lipinski definition) is 2. The van der Waals surface area contributed by atoms with Crippen molar-refractivity contribution >= 4 is 46.4 Å². The molecule has 3 rings (SSSR count). The predicted octanol–water partition coefficient (Wildman–Crippen LogP) is 2.00. The molecule has 1 aliphatic rings. The second kappa shape index (κ2) is 9.95. The van der Waals surface area contributed by atoms with Crippen LogP contribution in [0.2, 0.25) is 0 Å². The minimum absolute atomic E-state index is 0. The minimum atomic E-state index is 0. The molecule has 0 aromatic carbocycles. The number of anilines is 1. The molecule has 1 saturated heterocycles. The normalized spacial score (nSPS) is 14.5. The molecule has 2 N–H and O–H groups in total. The van der Waals surface area contributed by atoms with Crippen molar-refractivity contribution in [2.45, 2.75) is 25.8 Å². The summed E-state index contributed by atoms with van der Waals surface area (Å²) in [6.07, 6.45) is 5.27. The van der Waals surface area contributed by atoms with Crippen LogP contribution >= 0.6 is 35.3 Å². The number of aliphatic imine (C=N–C) groups is 1. The topological polar surface area (TPSA) is 70.4 Å². The Balaban J connectivity index is 0.00000225. The lowest BCUT2D eigenvalue weighted by atomic mass is 10.3. The molecule has 0 radical (unpaired) electrons. The Morgan fingerprint density at radius 2 is 2.12 bits per heavy atom. The lowest BCUT2D eigenvalue weighted by molar-refractivity contribution is 0.683. The third-order valence-corrected chi connectivity index (χ3v) is 5.12. The minimum Gasteiger partial charge on any atom is -0.356 e. The summed E-state index contributed by atoms with van der Waals surface area (Å²) in [5, 5.41) is 14.1. The largest absolute Gasteiger partial charge is 0.356 e. The summed E-state index contributed by atoms with van der Waals surface area (Å²) < 4.78 is 1.86. The summed E-state index contributed by atoms with van der Waals surface area (Å²) in [4.78, 5) is 11.4. The van der Waals surface area contributed by atoms with Gasteiger partial charge in [0.15, 0.2) is 11.1 Å². The van der Waals surface area contributed by atoms with Gasteiger partial charge in [-0.25, -0.2) is 4.98 Å². The van der Waals surface area contributed by atoms with E-state index in [1.165, 1.54) is 18.0 Å². The van der Waals surface area contributed by atoms with Gasteiger partial charge < -0.3 is 15.5 Å². The van der Waals surface area contributed by atoms with Crippen molar-refractivity contribution < 1.29 is 0 Å². The van der Waals surface area contributed by atoms with E-state index in [1.54, 1.807) is 24.6 Å². The van der Waals surface area contributed by atoms with Crippen LogP contribution in [0.1, 0.15) is 24.2 Å². The lowest BCUT2D eigenvalue weighted by Crippen LogP contribution is -2.38. The highest BCUT2D eigenvalue weighted by Crippen LogP contribution is 2.24. The van der Waals surface area contributed by atoms with Gasteiger partial charge in [0.05, 0.1) is 17.9 Å². The van der Waals surface area contributed by atoms with E-state index >= 15 is 0 Å². The predicted molar refractivity (Wildman–Crippen MR) is 114 cm³/mol. The number of guanidine groups is 1. The van der Waals surface area contributed by atoms with Gasteiger partial charge in [-0.15, -0.1) is 35.3 Å². The second-order valence-electron chi connectivity index (χ2n) is 5.86. The van der Waals surface area contributed by atoms with Crippen LogP contribution in [0.25, 0.3) is 0 Å². The summed E-state index contributed by atoms with van der Waals surface area (Å²) in [7, 11) is 3.72. The van der Waals surface area contributed by atoms with E-state index in [2.05, 4.69) is 31.0 Å². The van der Waals surface area contributed by atoms with Crippen LogP contribution in [-0.4, -0.2) is 47.4 Å². The van der Waals surface area contributed by atoms with Crippen LogP contribution in [0.3, 0.4) is 0 Å².